The van der Waals surface area contributed by atoms with Crippen LogP contribution < -0.4 is 0 Å². The smallest absolute Gasteiger partial charge is 0.255 e. The summed E-state index contributed by atoms with van der Waals surface area (Å²) >= 11 is 0. The second-order valence-corrected chi connectivity index (χ2v) is 9.99. The van der Waals surface area contributed by atoms with Crippen LogP contribution in [-0.2, 0) is 20.8 Å². The number of carbonyl (C=O) groups is 3. The van der Waals surface area contributed by atoms with E-state index in [4.69, 9.17) is 6.57 Å². The fourth-order valence-electron chi connectivity index (χ4n) is 3.94. The number of likely N-dealkylation sites (tertiary alicyclic amines) is 1. The number of rotatable bonds is 6. The summed E-state index contributed by atoms with van der Waals surface area (Å²) in [5.41, 5.74) is 0.983. The van der Waals surface area contributed by atoms with Gasteiger partial charge in [0.15, 0.2) is 5.78 Å². The maximum Gasteiger partial charge on any atom is 0.255 e. The van der Waals surface area contributed by atoms with E-state index in [1.54, 1.807) is 14.1 Å². The number of Topliss-reactive ketones (excluding diaryl/α,β-unsaturated/α-hetero) is 1. The first-order valence-corrected chi connectivity index (χ1v) is 11.5. The Bertz CT molecular complexity index is 865. The van der Waals surface area contributed by atoms with Gasteiger partial charge in [0, 0.05) is 26.6 Å². The average Bonchev–Trinajstić information content (AvgIpc) is 3.33. The number of likely N-dealkylation sites (N-methyl/N-ethyl adjacent to an activating group) is 1. The molecule has 154 valence electrons. The Balaban J connectivity index is 1.89. The van der Waals surface area contributed by atoms with Gasteiger partial charge in [-0.1, -0.05) is 30.3 Å². The first-order valence-electron chi connectivity index (χ1n) is 9.91. The molecule has 1 aromatic carbocycles. The van der Waals surface area contributed by atoms with Gasteiger partial charge in [0.05, 0.1) is 19.0 Å². The molecule has 0 unspecified atom stereocenters. The van der Waals surface area contributed by atoms with Crippen LogP contribution in [0.25, 0.3) is 4.85 Å². The van der Waals surface area contributed by atoms with E-state index in [-0.39, 0.29) is 41.2 Å². The highest BCUT2D eigenvalue weighted by atomic mass is 32.2. The Hall–Kier alpha value is -2.46. The quantitative estimate of drug-likeness (QED) is 0.530. The third-order valence-corrected chi connectivity index (χ3v) is 8.01. The predicted octanol–water partition coefficient (Wildman–Crippen LogP) is 2.07. The van der Waals surface area contributed by atoms with Gasteiger partial charge in [0.1, 0.15) is 0 Å². The molecular weight excluding hydrogens is 386 g/mol. The number of hydrogen-bond donors (Lipinski definition) is 0. The molecule has 2 amide bonds. The standard InChI is InChI=1S/C22H27N3O3S/c1-23-21(29-11-7-8-12-29)20(27)18-14-25(15-19(26)24(2)3)22(28)17(18)13-16-9-5-4-6-10-16/h4-6,9-10,17-18H,7-8,11-15H2,2-3H3/t17-,18+/m1/s1. The first-order chi connectivity index (χ1) is 13.9. The summed E-state index contributed by atoms with van der Waals surface area (Å²) in [7, 11) is 3.02. The molecule has 1 aromatic rings. The number of hydrogen-bond acceptors (Lipinski definition) is 3. The van der Waals surface area contributed by atoms with Gasteiger partial charge in [-0.25, -0.2) is 4.85 Å². The van der Waals surface area contributed by atoms with Crippen molar-refractivity contribution in [2.75, 3.05) is 38.7 Å². The second-order valence-electron chi connectivity index (χ2n) is 7.80. The van der Waals surface area contributed by atoms with E-state index in [0.29, 0.717) is 11.4 Å². The van der Waals surface area contributed by atoms with E-state index < -0.39 is 11.8 Å². The lowest BCUT2D eigenvalue weighted by Crippen LogP contribution is -2.38. The average molecular weight is 414 g/mol. The maximum absolute atomic E-state index is 13.4. The van der Waals surface area contributed by atoms with Crippen LogP contribution in [0.15, 0.2) is 30.3 Å². The van der Waals surface area contributed by atoms with Crippen molar-refractivity contribution in [2.45, 2.75) is 19.3 Å². The van der Waals surface area contributed by atoms with Crippen LogP contribution in [0.2, 0.25) is 0 Å². The second kappa shape index (κ2) is 9.36. The van der Waals surface area contributed by atoms with Crippen LogP contribution in [0.3, 0.4) is 0 Å². The largest absolute Gasteiger partial charge is 0.347 e. The first kappa shape index (κ1) is 21.3. The van der Waals surface area contributed by atoms with Gasteiger partial charge in [-0.3, -0.25) is 9.59 Å². The van der Waals surface area contributed by atoms with Gasteiger partial charge in [-0.15, -0.1) is 0 Å². The molecule has 0 bridgehead atoms. The van der Waals surface area contributed by atoms with E-state index in [1.807, 2.05) is 30.3 Å². The highest BCUT2D eigenvalue weighted by Gasteiger charge is 2.45. The number of benzene rings is 1. The third kappa shape index (κ3) is 4.76. The molecule has 0 saturated carbocycles. The van der Waals surface area contributed by atoms with E-state index in [9.17, 15) is 14.4 Å². The Morgan fingerprint density at radius 3 is 2.45 bits per heavy atom. The minimum Gasteiger partial charge on any atom is -0.347 e. The van der Waals surface area contributed by atoms with Crippen LogP contribution in [0.1, 0.15) is 18.4 Å². The SMILES string of the molecule is [C-]#[N+]C(C(=O)[C@H]1CN(CC(=O)N(C)C)C(=O)[C@@H]1Cc1ccccc1)=S1CCCC1. The molecule has 2 aliphatic heterocycles. The van der Waals surface area contributed by atoms with Gasteiger partial charge >= 0.3 is 0 Å². The Morgan fingerprint density at radius 2 is 1.86 bits per heavy atom. The van der Waals surface area contributed by atoms with Gasteiger partial charge < -0.3 is 14.6 Å². The van der Waals surface area contributed by atoms with E-state index in [0.717, 1.165) is 29.9 Å². The van der Waals surface area contributed by atoms with Crippen LogP contribution in [-0.4, -0.2) is 71.1 Å². The molecule has 29 heavy (non-hydrogen) atoms. The minimum atomic E-state index is -0.560. The summed E-state index contributed by atoms with van der Waals surface area (Å²) < 4.78 is 0. The lowest BCUT2D eigenvalue weighted by molar-refractivity contribution is -0.138. The van der Waals surface area contributed by atoms with Crippen molar-refractivity contribution in [3.63, 3.8) is 0 Å². The van der Waals surface area contributed by atoms with Crippen LogP contribution in [0, 0.1) is 18.4 Å². The lowest BCUT2D eigenvalue weighted by Gasteiger charge is -2.18. The molecule has 3 rings (SSSR count). The molecule has 0 spiro atoms. The summed E-state index contributed by atoms with van der Waals surface area (Å²) in [6.07, 6.45) is 2.55. The molecule has 0 N–H and O–H groups in total. The van der Waals surface area contributed by atoms with Crippen molar-refractivity contribution in [1.29, 1.82) is 0 Å². The molecule has 2 saturated heterocycles. The van der Waals surface area contributed by atoms with Gasteiger partial charge in [0.2, 0.25) is 11.8 Å². The van der Waals surface area contributed by atoms with Gasteiger partial charge in [-0.05, 0) is 36.3 Å². The molecular formula is C22H27N3O3S. The molecule has 0 radical (unpaired) electrons. The van der Waals surface area contributed by atoms with E-state index >= 15 is 0 Å². The molecule has 0 aliphatic carbocycles. The zero-order valence-electron chi connectivity index (χ0n) is 17.0. The van der Waals surface area contributed by atoms with Crippen molar-refractivity contribution >= 4 is 33.1 Å². The van der Waals surface area contributed by atoms with Crippen molar-refractivity contribution in [1.82, 2.24) is 9.80 Å². The third-order valence-electron chi connectivity index (χ3n) is 5.61. The molecule has 0 aromatic heterocycles. The Labute approximate surface area is 174 Å². The predicted molar refractivity (Wildman–Crippen MR) is 116 cm³/mol. The number of ketones is 1. The maximum atomic E-state index is 13.4. The molecule has 6 nitrogen and oxygen atoms in total. The Morgan fingerprint density at radius 1 is 1.21 bits per heavy atom. The van der Waals surface area contributed by atoms with E-state index in [2.05, 4.69) is 4.85 Å². The van der Waals surface area contributed by atoms with E-state index in [1.165, 1.54) is 9.80 Å². The zero-order valence-corrected chi connectivity index (χ0v) is 17.8. The van der Waals surface area contributed by atoms with Gasteiger partial charge in [0.25, 0.3) is 4.99 Å². The number of nitrogens with zero attached hydrogens (tertiary/aromatic N) is 3. The summed E-state index contributed by atoms with van der Waals surface area (Å²) in [5, 5.41) is 0. The summed E-state index contributed by atoms with van der Waals surface area (Å²) in [6, 6.07) is 9.63. The van der Waals surface area contributed by atoms with Gasteiger partial charge in [-0.2, -0.15) is 10.5 Å². The highest BCUT2D eigenvalue weighted by Crippen LogP contribution is 2.33. The van der Waals surface area contributed by atoms with Crippen molar-refractivity contribution in [3.8, 4) is 0 Å². The molecule has 2 fully saturated rings. The minimum absolute atomic E-state index is 0.0278. The normalized spacial score (nSPS) is 21.8. The van der Waals surface area contributed by atoms with Crippen LogP contribution >= 0.6 is 10.5 Å². The fourth-order valence-corrected chi connectivity index (χ4v) is 6.20. The molecule has 2 atom stereocenters. The molecule has 2 aliphatic rings. The van der Waals surface area contributed by atoms with Crippen molar-refractivity contribution in [3.05, 3.63) is 47.3 Å². The Kier molecular flexibility index (Phi) is 6.86. The number of carbonyl (C=O) groups excluding carboxylic acids is 3. The summed E-state index contributed by atoms with van der Waals surface area (Å²) in [6.45, 7) is 7.78. The van der Waals surface area contributed by atoms with Crippen molar-refractivity contribution in [2.24, 2.45) is 11.8 Å². The summed E-state index contributed by atoms with van der Waals surface area (Å²) in [5.74, 6) is 0.197. The van der Waals surface area contributed by atoms with Crippen molar-refractivity contribution < 1.29 is 14.4 Å². The van der Waals surface area contributed by atoms with Crippen LogP contribution in [0.5, 0.6) is 0 Å². The fraction of sp³-hybridized carbons (Fsp3) is 0.500. The molecule has 7 heteroatoms. The zero-order chi connectivity index (χ0) is 21.0. The lowest BCUT2D eigenvalue weighted by atomic mass is 9.86. The van der Waals surface area contributed by atoms with Crippen LogP contribution in [0.4, 0.5) is 0 Å². The topological polar surface area (TPSA) is 62.1 Å². The monoisotopic (exact) mass is 413 g/mol. The number of amides is 2. The molecule has 2 heterocycles. The summed E-state index contributed by atoms with van der Waals surface area (Å²) in [4.78, 5) is 45.6. The highest BCUT2D eigenvalue weighted by molar-refractivity contribution is 8.17.